The lowest BCUT2D eigenvalue weighted by molar-refractivity contribution is -0.134. The van der Waals surface area contributed by atoms with Gasteiger partial charge < -0.3 is 9.47 Å². The highest BCUT2D eigenvalue weighted by Crippen LogP contribution is 2.37. The first-order chi connectivity index (χ1) is 15.3. The summed E-state index contributed by atoms with van der Waals surface area (Å²) in [6.45, 7) is 2.18. The molecule has 7 nitrogen and oxygen atoms in total. The van der Waals surface area contributed by atoms with Crippen LogP contribution in [0.5, 0.6) is 0 Å². The Hall–Kier alpha value is -3.48. The number of benzene rings is 2. The minimum atomic E-state index is 0.0512. The van der Waals surface area contributed by atoms with Crippen molar-refractivity contribution in [3.63, 3.8) is 0 Å². The molecule has 1 atom stereocenters. The van der Waals surface area contributed by atoms with Crippen molar-refractivity contribution < 1.29 is 4.79 Å². The van der Waals surface area contributed by atoms with Gasteiger partial charge in [0.2, 0.25) is 5.91 Å². The van der Waals surface area contributed by atoms with Gasteiger partial charge in [-0.3, -0.25) is 4.79 Å². The molecule has 2 aromatic carbocycles. The predicted octanol–water partition coefficient (Wildman–Crippen LogP) is 3.18. The quantitative estimate of drug-likeness (QED) is 0.516. The van der Waals surface area contributed by atoms with E-state index in [0.717, 1.165) is 49.2 Å². The van der Waals surface area contributed by atoms with Crippen molar-refractivity contribution >= 4 is 16.9 Å². The predicted molar refractivity (Wildman–Crippen MR) is 117 cm³/mol. The number of rotatable bonds is 4. The first-order valence-corrected chi connectivity index (χ1v) is 10.9. The zero-order chi connectivity index (χ0) is 20.8. The molecule has 1 amide bonds. The fourth-order valence-electron chi connectivity index (χ4n) is 5.02. The number of carbonyl (C=O) groups excluding carboxylic acids is 1. The van der Waals surface area contributed by atoms with E-state index in [1.165, 1.54) is 11.1 Å². The molecular formula is C24H24N6O. The van der Waals surface area contributed by atoms with Crippen molar-refractivity contribution in [2.75, 3.05) is 13.1 Å². The van der Waals surface area contributed by atoms with Crippen LogP contribution in [0.25, 0.3) is 11.0 Å². The molecule has 0 bridgehead atoms. The normalized spacial score (nSPS) is 18.7. The SMILES string of the molecule is O=C(C1Cc2ccccc21)N1CCC(c2nccn2Cn2nnc3ccccc32)CC1. The number of carbonyl (C=O) groups is 1. The van der Waals surface area contributed by atoms with Gasteiger partial charge in [0, 0.05) is 31.4 Å². The highest BCUT2D eigenvalue weighted by molar-refractivity contribution is 5.87. The molecule has 156 valence electrons. The van der Waals surface area contributed by atoms with Gasteiger partial charge in [-0.25, -0.2) is 9.67 Å². The molecule has 0 spiro atoms. The second kappa shape index (κ2) is 7.34. The topological polar surface area (TPSA) is 68.8 Å². The van der Waals surface area contributed by atoms with Gasteiger partial charge in [0.25, 0.3) is 0 Å². The first kappa shape index (κ1) is 18.3. The number of piperidine rings is 1. The second-order valence-electron chi connectivity index (χ2n) is 8.53. The number of imidazole rings is 1. The van der Waals surface area contributed by atoms with Crippen molar-refractivity contribution in [2.24, 2.45) is 0 Å². The maximum atomic E-state index is 13.0. The van der Waals surface area contributed by atoms with Gasteiger partial charge in [-0.15, -0.1) is 5.10 Å². The minimum absolute atomic E-state index is 0.0512. The number of hydrogen-bond donors (Lipinski definition) is 0. The van der Waals surface area contributed by atoms with Crippen LogP contribution in [0, 0.1) is 0 Å². The van der Waals surface area contributed by atoms with Gasteiger partial charge in [-0.2, -0.15) is 0 Å². The molecule has 6 rings (SSSR count). The van der Waals surface area contributed by atoms with Gasteiger partial charge in [0.05, 0.1) is 11.4 Å². The Bertz CT molecular complexity index is 1250. The van der Waals surface area contributed by atoms with E-state index in [1.54, 1.807) is 0 Å². The lowest BCUT2D eigenvalue weighted by Gasteiger charge is -2.37. The summed E-state index contributed by atoms with van der Waals surface area (Å²) in [5.74, 6) is 1.76. The van der Waals surface area contributed by atoms with E-state index in [1.807, 2.05) is 47.4 Å². The average Bonchev–Trinajstić information content (AvgIpc) is 3.42. The Kier molecular flexibility index (Phi) is 4.33. The number of amides is 1. The van der Waals surface area contributed by atoms with Crippen LogP contribution >= 0.6 is 0 Å². The Morgan fingerprint density at radius 1 is 1.03 bits per heavy atom. The maximum Gasteiger partial charge on any atom is 0.230 e. The molecule has 7 heteroatoms. The van der Waals surface area contributed by atoms with Crippen LogP contribution in [0.15, 0.2) is 60.9 Å². The minimum Gasteiger partial charge on any atom is -0.342 e. The van der Waals surface area contributed by atoms with Crippen LogP contribution in [0.1, 0.15) is 41.6 Å². The Balaban J connectivity index is 1.13. The van der Waals surface area contributed by atoms with Crippen molar-refractivity contribution in [1.82, 2.24) is 29.4 Å². The molecule has 2 aliphatic rings. The third kappa shape index (κ3) is 3.12. The van der Waals surface area contributed by atoms with Gasteiger partial charge >= 0.3 is 0 Å². The summed E-state index contributed by atoms with van der Waals surface area (Å²) >= 11 is 0. The monoisotopic (exact) mass is 412 g/mol. The van der Waals surface area contributed by atoms with E-state index in [-0.39, 0.29) is 11.8 Å². The summed E-state index contributed by atoms with van der Waals surface area (Å²) in [6.07, 6.45) is 6.63. The summed E-state index contributed by atoms with van der Waals surface area (Å²) in [6, 6.07) is 16.3. The number of nitrogens with zero attached hydrogens (tertiary/aromatic N) is 6. The highest BCUT2D eigenvalue weighted by atomic mass is 16.2. The number of likely N-dealkylation sites (tertiary alicyclic amines) is 1. The van der Waals surface area contributed by atoms with Crippen molar-refractivity contribution in [3.8, 4) is 0 Å². The lowest BCUT2D eigenvalue weighted by Crippen LogP contribution is -2.43. The first-order valence-electron chi connectivity index (χ1n) is 10.9. The Morgan fingerprint density at radius 3 is 2.71 bits per heavy atom. The fraction of sp³-hybridized carbons (Fsp3) is 0.333. The van der Waals surface area contributed by atoms with E-state index in [2.05, 4.69) is 43.0 Å². The Labute approximate surface area is 180 Å². The maximum absolute atomic E-state index is 13.0. The number of fused-ring (bicyclic) bond motifs is 2. The van der Waals surface area contributed by atoms with Gasteiger partial charge in [-0.1, -0.05) is 41.6 Å². The molecule has 1 fully saturated rings. The summed E-state index contributed by atoms with van der Waals surface area (Å²) < 4.78 is 4.07. The third-order valence-corrected chi connectivity index (χ3v) is 6.78. The van der Waals surface area contributed by atoms with E-state index < -0.39 is 0 Å². The van der Waals surface area contributed by atoms with Crippen LogP contribution in [-0.2, 0) is 17.9 Å². The van der Waals surface area contributed by atoms with Crippen molar-refractivity contribution in [2.45, 2.75) is 37.8 Å². The van der Waals surface area contributed by atoms with Gasteiger partial charge in [0.15, 0.2) is 0 Å². The van der Waals surface area contributed by atoms with Crippen LogP contribution in [0.4, 0.5) is 0 Å². The number of para-hydroxylation sites is 1. The van der Waals surface area contributed by atoms with E-state index in [9.17, 15) is 4.79 Å². The molecule has 1 aliphatic heterocycles. The van der Waals surface area contributed by atoms with Crippen LogP contribution in [0.2, 0.25) is 0 Å². The molecule has 1 unspecified atom stereocenters. The largest absolute Gasteiger partial charge is 0.342 e. The molecule has 3 heterocycles. The smallest absolute Gasteiger partial charge is 0.230 e. The van der Waals surface area contributed by atoms with Gasteiger partial charge in [0.1, 0.15) is 18.0 Å². The summed E-state index contributed by atoms with van der Waals surface area (Å²) in [7, 11) is 0. The number of hydrogen-bond acceptors (Lipinski definition) is 4. The third-order valence-electron chi connectivity index (χ3n) is 6.78. The number of aromatic nitrogens is 5. The molecule has 0 N–H and O–H groups in total. The van der Waals surface area contributed by atoms with Crippen molar-refractivity contribution in [3.05, 3.63) is 77.9 Å². The molecule has 0 saturated carbocycles. The van der Waals surface area contributed by atoms with Crippen LogP contribution < -0.4 is 0 Å². The summed E-state index contributed by atoms with van der Waals surface area (Å²) in [5, 5.41) is 8.56. The van der Waals surface area contributed by atoms with E-state index in [4.69, 9.17) is 0 Å². The molecule has 0 radical (unpaired) electrons. The van der Waals surface area contributed by atoms with Crippen LogP contribution in [-0.4, -0.2) is 48.4 Å². The summed E-state index contributed by atoms with van der Waals surface area (Å²) in [4.78, 5) is 19.7. The average molecular weight is 412 g/mol. The molecule has 31 heavy (non-hydrogen) atoms. The highest BCUT2D eigenvalue weighted by Gasteiger charge is 2.36. The molecule has 1 aliphatic carbocycles. The molecule has 4 aromatic rings. The second-order valence-corrected chi connectivity index (χ2v) is 8.53. The van der Waals surface area contributed by atoms with Crippen molar-refractivity contribution in [1.29, 1.82) is 0 Å². The standard InChI is InChI=1S/C24H24N6O/c31-24(20-15-18-5-1-2-6-19(18)20)28-12-9-17(10-13-28)23-25-11-14-29(23)16-30-22-8-4-3-7-21(22)26-27-30/h1-8,11,14,17,20H,9-10,12-13,15-16H2. The lowest BCUT2D eigenvalue weighted by atomic mass is 9.76. The Morgan fingerprint density at radius 2 is 1.84 bits per heavy atom. The van der Waals surface area contributed by atoms with Crippen LogP contribution in [0.3, 0.4) is 0 Å². The van der Waals surface area contributed by atoms with E-state index in [0.29, 0.717) is 12.6 Å². The fourth-order valence-corrected chi connectivity index (χ4v) is 5.02. The summed E-state index contributed by atoms with van der Waals surface area (Å²) in [5.41, 5.74) is 4.44. The van der Waals surface area contributed by atoms with E-state index >= 15 is 0 Å². The van der Waals surface area contributed by atoms with Gasteiger partial charge in [-0.05, 0) is 42.5 Å². The zero-order valence-corrected chi connectivity index (χ0v) is 17.3. The molecule has 1 saturated heterocycles. The molecular weight excluding hydrogens is 388 g/mol. The zero-order valence-electron chi connectivity index (χ0n) is 17.3. The molecule has 2 aromatic heterocycles.